The first-order chi connectivity index (χ1) is 11.0. The lowest BCUT2D eigenvalue weighted by molar-refractivity contribution is 0.0689. The first kappa shape index (κ1) is 15.0. The van der Waals surface area contributed by atoms with Crippen molar-refractivity contribution < 1.29 is 9.90 Å². The summed E-state index contributed by atoms with van der Waals surface area (Å²) in [6, 6.07) is 15.8. The highest BCUT2D eigenvalue weighted by molar-refractivity contribution is 5.90. The number of hydrogen-bond acceptors (Lipinski definition) is 2. The van der Waals surface area contributed by atoms with Crippen LogP contribution in [0.5, 0.6) is 0 Å². The van der Waals surface area contributed by atoms with Gasteiger partial charge >= 0.3 is 5.97 Å². The largest absolute Gasteiger partial charge is 0.476 e. The van der Waals surface area contributed by atoms with E-state index in [1.165, 1.54) is 0 Å². The normalized spacial score (nSPS) is 10.7. The molecule has 116 valence electrons. The zero-order valence-corrected chi connectivity index (χ0v) is 13.4. The number of nitrogens with zero attached hydrogens (tertiary/aromatic N) is 2. The maximum Gasteiger partial charge on any atom is 0.356 e. The van der Waals surface area contributed by atoms with Crippen molar-refractivity contribution in [2.75, 3.05) is 0 Å². The van der Waals surface area contributed by atoms with Gasteiger partial charge in [0.05, 0.1) is 11.4 Å². The van der Waals surface area contributed by atoms with Gasteiger partial charge in [-0.1, -0.05) is 48.0 Å². The SMILES string of the molecule is Cc1ccc(-n2nc(C(=O)O)c(C)c2-c2ccccc2)c(C)c1. The molecule has 0 atom stereocenters. The summed E-state index contributed by atoms with van der Waals surface area (Å²) in [5.74, 6) is -1.01. The van der Waals surface area contributed by atoms with Crippen LogP contribution in [-0.4, -0.2) is 20.9 Å². The number of aromatic nitrogens is 2. The van der Waals surface area contributed by atoms with Crippen molar-refractivity contribution >= 4 is 5.97 Å². The van der Waals surface area contributed by atoms with Gasteiger partial charge in [-0.05, 0) is 32.4 Å². The molecule has 4 heteroatoms. The Labute approximate surface area is 135 Å². The molecule has 0 aliphatic rings. The predicted octanol–water partition coefficient (Wildman–Crippen LogP) is 4.16. The molecule has 0 spiro atoms. The number of rotatable bonds is 3. The van der Waals surface area contributed by atoms with Gasteiger partial charge in [-0.15, -0.1) is 0 Å². The second kappa shape index (κ2) is 5.72. The van der Waals surface area contributed by atoms with E-state index in [1.807, 2.05) is 56.3 Å². The zero-order chi connectivity index (χ0) is 16.6. The highest BCUT2D eigenvalue weighted by atomic mass is 16.4. The van der Waals surface area contributed by atoms with Crippen LogP contribution in [0.3, 0.4) is 0 Å². The molecule has 0 saturated carbocycles. The van der Waals surface area contributed by atoms with Gasteiger partial charge in [-0.3, -0.25) is 0 Å². The topological polar surface area (TPSA) is 55.1 Å². The second-order valence-corrected chi connectivity index (χ2v) is 5.70. The van der Waals surface area contributed by atoms with Crippen LogP contribution in [0, 0.1) is 20.8 Å². The number of benzene rings is 2. The fraction of sp³-hybridized carbons (Fsp3) is 0.158. The molecule has 0 unspecified atom stereocenters. The van der Waals surface area contributed by atoms with Gasteiger partial charge in [0.1, 0.15) is 0 Å². The highest BCUT2D eigenvalue weighted by Gasteiger charge is 2.22. The average molecular weight is 306 g/mol. The Hall–Kier alpha value is -2.88. The van der Waals surface area contributed by atoms with Crippen LogP contribution in [0.15, 0.2) is 48.5 Å². The first-order valence-electron chi connectivity index (χ1n) is 7.45. The molecule has 23 heavy (non-hydrogen) atoms. The van der Waals surface area contributed by atoms with Crippen LogP contribution in [0.25, 0.3) is 16.9 Å². The number of aryl methyl sites for hydroxylation is 2. The molecule has 0 amide bonds. The number of hydrogen-bond donors (Lipinski definition) is 1. The van der Waals surface area contributed by atoms with E-state index >= 15 is 0 Å². The van der Waals surface area contributed by atoms with Crippen LogP contribution in [0.2, 0.25) is 0 Å². The molecule has 0 radical (unpaired) electrons. The van der Waals surface area contributed by atoms with Crippen molar-refractivity contribution in [1.82, 2.24) is 9.78 Å². The monoisotopic (exact) mass is 306 g/mol. The molecular formula is C19H18N2O2. The van der Waals surface area contributed by atoms with E-state index in [2.05, 4.69) is 11.2 Å². The number of aromatic carboxylic acids is 1. The van der Waals surface area contributed by atoms with Crippen LogP contribution in [-0.2, 0) is 0 Å². The van der Waals surface area contributed by atoms with Crippen molar-refractivity contribution in [2.45, 2.75) is 20.8 Å². The Balaban J connectivity index is 2.32. The van der Waals surface area contributed by atoms with Gasteiger partial charge in [0.2, 0.25) is 0 Å². The molecule has 3 aromatic rings. The van der Waals surface area contributed by atoms with E-state index in [-0.39, 0.29) is 5.69 Å². The van der Waals surface area contributed by atoms with Gasteiger partial charge in [-0.25, -0.2) is 9.48 Å². The fourth-order valence-corrected chi connectivity index (χ4v) is 2.85. The Morgan fingerprint density at radius 2 is 1.74 bits per heavy atom. The van der Waals surface area contributed by atoms with E-state index in [1.54, 1.807) is 11.6 Å². The third-order valence-electron chi connectivity index (χ3n) is 3.95. The van der Waals surface area contributed by atoms with Crippen LogP contribution in [0.4, 0.5) is 0 Å². The minimum absolute atomic E-state index is 0.0869. The fourth-order valence-electron chi connectivity index (χ4n) is 2.85. The summed E-state index contributed by atoms with van der Waals surface area (Å²) in [6.07, 6.45) is 0. The Morgan fingerprint density at radius 3 is 2.35 bits per heavy atom. The standard InChI is InChI=1S/C19H18N2O2/c1-12-9-10-16(13(2)11-12)21-18(15-7-5-4-6-8-15)14(3)17(20-21)19(22)23/h4-11H,1-3H3,(H,22,23). The van der Waals surface area contributed by atoms with Crippen LogP contribution >= 0.6 is 0 Å². The minimum atomic E-state index is -1.01. The van der Waals surface area contributed by atoms with Gasteiger partial charge in [-0.2, -0.15) is 5.10 Å². The summed E-state index contributed by atoms with van der Waals surface area (Å²) < 4.78 is 1.74. The number of carbonyl (C=O) groups is 1. The van der Waals surface area contributed by atoms with Crippen molar-refractivity contribution in [3.63, 3.8) is 0 Å². The minimum Gasteiger partial charge on any atom is -0.476 e. The molecule has 3 rings (SSSR count). The Morgan fingerprint density at radius 1 is 1.04 bits per heavy atom. The summed E-state index contributed by atoms with van der Waals surface area (Å²) in [4.78, 5) is 11.5. The average Bonchev–Trinajstić information content (AvgIpc) is 2.85. The molecule has 1 aromatic heterocycles. The van der Waals surface area contributed by atoms with Crippen LogP contribution in [0.1, 0.15) is 27.2 Å². The van der Waals surface area contributed by atoms with E-state index in [0.29, 0.717) is 5.56 Å². The van der Waals surface area contributed by atoms with Gasteiger partial charge in [0.25, 0.3) is 0 Å². The molecule has 0 aliphatic heterocycles. The highest BCUT2D eigenvalue weighted by Crippen LogP contribution is 2.30. The molecule has 0 saturated heterocycles. The molecule has 0 bridgehead atoms. The van der Waals surface area contributed by atoms with E-state index < -0.39 is 5.97 Å². The third-order valence-corrected chi connectivity index (χ3v) is 3.95. The smallest absolute Gasteiger partial charge is 0.356 e. The summed E-state index contributed by atoms with van der Waals surface area (Å²) in [5, 5.41) is 13.8. The number of carboxylic acid groups (broad SMARTS) is 1. The lowest BCUT2D eigenvalue weighted by Crippen LogP contribution is -2.04. The summed E-state index contributed by atoms with van der Waals surface area (Å²) in [7, 11) is 0. The Bertz CT molecular complexity index is 880. The summed E-state index contributed by atoms with van der Waals surface area (Å²) in [6.45, 7) is 5.85. The molecule has 2 aromatic carbocycles. The maximum absolute atomic E-state index is 11.5. The summed E-state index contributed by atoms with van der Waals surface area (Å²) >= 11 is 0. The van der Waals surface area contributed by atoms with Crippen molar-refractivity contribution in [3.8, 4) is 16.9 Å². The lowest BCUT2D eigenvalue weighted by Gasteiger charge is -2.12. The zero-order valence-electron chi connectivity index (χ0n) is 13.4. The van der Waals surface area contributed by atoms with Crippen LogP contribution < -0.4 is 0 Å². The second-order valence-electron chi connectivity index (χ2n) is 5.70. The quantitative estimate of drug-likeness (QED) is 0.790. The molecule has 4 nitrogen and oxygen atoms in total. The molecular weight excluding hydrogens is 288 g/mol. The van der Waals surface area contributed by atoms with Crippen molar-refractivity contribution in [3.05, 3.63) is 70.9 Å². The maximum atomic E-state index is 11.5. The molecule has 1 heterocycles. The van der Waals surface area contributed by atoms with Gasteiger partial charge < -0.3 is 5.11 Å². The van der Waals surface area contributed by atoms with Gasteiger partial charge in [0.15, 0.2) is 5.69 Å². The van der Waals surface area contributed by atoms with Gasteiger partial charge in [0, 0.05) is 11.1 Å². The predicted molar refractivity (Wildman–Crippen MR) is 90.2 cm³/mol. The first-order valence-corrected chi connectivity index (χ1v) is 7.45. The lowest BCUT2D eigenvalue weighted by atomic mass is 10.1. The number of carboxylic acids is 1. The van der Waals surface area contributed by atoms with Crippen molar-refractivity contribution in [1.29, 1.82) is 0 Å². The summed E-state index contributed by atoms with van der Waals surface area (Å²) in [5.41, 5.74) is 5.63. The Kier molecular flexibility index (Phi) is 3.74. The molecule has 0 fully saturated rings. The molecule has 1 N–H and O–H groups in total. The van der Waals surface area contributed by atoms with E-state index in [9.17, 15) is 9.90 Å². The van der Waals surface area contributed by atoms with E-state index in [0.717, 1.165) is 28.1 Å². The third kappa shape index (κ3) is 2.63. The van der Waals surface area contributed by atoms with Crippen molar-refractivity contribution in [2.24, 2.45) is 0 Å². The molecule has 0 aliphatic carbocycles. The van der Waals surface area contributed by atoms with E-state index in [4.69, 9.17) is 0 Å².